The van der Waals surface area contributed by atoms with Gasteiger partial charge in [-0.05, 0) is 59.0 Å². The van der Waals surface area contributed by atoms with Gasteiger partial charge in [0.05, 0.1) is 6.10 Å². The van der Waals surface area contributed by atoms with Gasteiger partial charge in [-0.15, -0.1) is 0 Å². The van der Waals surface area contributed by atoms with Crippen LogP contribution < -0.4 is 0 Å². The van der Waals surface area contributed by atoms with Gasteiger partial charge in [0, 0.05) is 25.7 Å². The summed E-state index contributed by atoms with van der Waals surface area (Å²) in [6.07, 6.45) is 5.86. The molecule has 2 fully saturated rings. The SMILES string of the molecule is CC(C)OCCCN1CCC(N2CCC[C@@H]2O)CC1. The van der Waals surface area contributed by atoms with Gasteiger partial charge < -0.3 is 14.7 Å². The molecule has 1 N–H and O–H groups in total. The molecule has 19 heavy (non-hydrogen) atoms. The van der Waals surface area contributed by atoms with E-state index in [1.54, 1.807) is 0 Å². The maximum Gasteiger partial charge on any atom is 0.107 e. The first-order chi connectivity index (χ1) is 9.16. The summed E-state index contributed by atoms with van der Waals surface area (Å²) in [5.41, 5.74) is 0. The van der Waals surface area contributed by atoms with Gasteiger partial charge in [-0.25, -0.2) is 0 Å². The minimum absolute atomic E-state index is 0.170. The second-order valence-electron chi connectivity index (χ2n) is 6.21. The molecule has 112 valence electrons. The van der Waals surface area contributed by atoms with Crippen LogP contribution in [0.5, 0.6) is 0 Å². The first-order valence-electron chi connectivity index (χ1n) is 7.94. The minimum Gasteiger partial charge on any atom is -0.379 e. The zero-order valence-electron chi connectivity index (χ0n) is 12.6. The van der Waals surface area contributed by atoms with Crippen LogP contribution in [0.2, 0.25) is 0 Å². The van der Waals surface area contributed by atoms with E-state index in [4.69, 9.17) is 4.74 Å². The predicted octanol–water partition coefficient (Wildman–Crippen LogP) is 1.68. The Balaban J connectivity index is 1.60. The molecule has 2 rings (SSSR count). The summed E-state index contributed by atoms with van der Waals surface area (Å²) in [5.74, 6) is 0. The normalized spacial score (nSPS) is 27.5. The number of hydrogen-bond acceptors (Lipinski definition) is 4. The summed E-state index contributed by atoms with van der Waals surface area (Å²) in [7, 11) is 0. The molecule has 0 amide bonds. The number of hydrogen-bond donors (Lipinski definition) is 1. The summed E-state index contributed by atoms with van der Waals surface area (Å²) in [5, 5.41) is 9.93. The van der Waals surface area contributed by atoms with Gasteiger partial charge in [-0.2, -0.15) is 0 Å². The smallest absolute Gasteiger partial charge is 0.107 e. The Hall–Kier alpha value is -0.160. The highest BCUT2D eigenvalue weighted by Crippen LogP contribution is 2.24. The van der Waals surface area contributed by atoms with Gasteiger partial charge in [0.2, 0.25) is 0 Å². The van der Waals surface area contributed by atoms with Crippen molar-refractivity contribution in [2.45, 2.75) is 64.3 Å². The minimum atomic E-state index is -0.170. The number of likely N-dealkylation sites (tertiary alicyclic amines) is 2. The average Bonchev–Trinajstić information content (AvgIpc) is 2.81. The molecule has 0 aromatic rings. The number of ether oxygens (including phenoxy) is 1. The molecule has 0 aromatic carbocycles. The third-order valence-electron chi connectivity index (χ3n) is 4.36. The molecule has 0 radical (unpaired) electrons. The predicted molar refractivity (Wildman–Crippen MR) is 77.1 cm³/mol. The summed E-state index contributed by atoms with van der Waals surface area (Å²) in [4.78, 5) is 4.86. The molecule has 2 aliphatic rings. The summed E-state index contributed by atoms with van der Waals surface area (Å²) in [6, 6.07) is 0.612. The van der Waals surface area contributed by atoms with Crippen molar-refractivity contribution < 1.29 is 9.84 Å². The average molecular weight is 270 g/mol. The Kier molecular flexibility index (Phi) is 6.07. The van der Waals surface area contributed by atoms with E-state index in [9.17, 15) is 5.11 Å². The Morgan fingerprint density at radius 1 is 1.16 bits per heavy atom. The fraction of sp³-hybridized carbons (Fsp3) is 1.00. The van der Waals surface area contributed by atoms with E-state index in [0.717, 1.165) is 39.0 Å². The molecule has 0 aliphatic carbocycles. The van der Waals surface area contributed by atoms with Crippen molar-refractivity contribution in [3.63, 3.8) is 0 Å². The highest BCUT2D eigenvalue weighted by atomic mass is 16.5. The molecular formula is C15H30N2O2. The highest BCUT2D eigenvalue weighted by Gasteiger charge is 2.31. The number of aliphatic hydroxyl groups excluding tert-OH is 1. The van der Waals surface area contributed by atoms with Crippen molar-refractivity contribution in [3.05, 3.63) is 0 Å². The molecule has 1 atom stereocenters. The first kappa shape index (κ1) is 15.2. The summed E-state index contributed by atoms with van der Waals surface area (Å²) in [6.45, 7) is 9.66. The van der Waals surface area contributed by atoms with E-state index in [0.29, 0.717) is 12.1 Å². The summed E-state index contributed by atoms with van der Waals surface area (Å²) < 4.78 is 5.58. The van der Waals surface area contributed by atoms with Crippen molar-refractivity contribution in [1.82, 2.24) is 9.80 Å². The molecule has 2 heterocycles. The molecule has 0 unspecified atom stereocenters. The van der Waals surface area contributed by atoms with E-state index in [1.807, 2.05) is 0 Å². The van der Waals surface area contributed by atoms with Gasteiger partial charge in [0.15, 0.2) is 0 Å². The Morgan fingerprint density at radius 2 is 1.89 bits per heavy atom. The number of rotatable bonds is 6. The van der Waals surface area contributed by atoms with Crippen molar-refractivity contribution in [3.8, 4) is 0 Å². The van der Waals surface area contributed by atoms with Crippen molar-refractivity contribution in [2.24, 2.45) is 0 Å². The second-order valence-corrected chi connectivity index (χ2v) is 6.21. The van der Waals surface area contributed by atoms with Gasteiger partial charge in [0.25, 0.3) is 0 Å². The van der Waals surface area contributed by atoms with E-state index < -0.39 is 0 Å². The standard InChI is InChI=1S/C15H30N2O2/c1-13(2)19-12-4-8-16-10-6-14(7-11-16)17-9-3-5-15(17)18/h13-15,18H,3-12H2,1-2H3/t15-/m0/s1. The Labute approximate surface area is 117 Å². The number of aliphatic hydroxyl groups is 1. The van der Waals surface area contributed by atoms with Crippen molar-refractivity contribution in [1.29, 1.82) is 0 Å². The summed E-state index contributed by atoms with van der Waals surface area (Å²) >= 11 is 0. The topological polar surface area (TPSA) is 35.9 Å². The molecular weight excluding hydrogens is 240 g/mol. The van der Waals surface area contributed by atoms with E-state index >= 15 is 0 Å². The monoisotopic (exact) mass is 270 g/mol. The van der Waals surface area contributed by atoms with Crippen LogP contribution in [-0.2, 0) is 4.74 Å². The maximum atomic E-state index is 9.93. The van der Waals surface area contributed by atoms with E-state index in [2.05, 4.69) is 23.6 Å². The highest BCUT2D eigenvalue weighted by molar-refractivity contribution is 4.84. The number of piperidine rings is 1. The Bertz CT molecular complexity index is 253. The van der Waals surface area contributed by atoms with Gasteiger partial charge in [0.1, 0.15) is 6.23 Å². The number of nitrogens with zero attached hydrogens (tertiary/aromatic N) is 2. The van der Waals surface area contributed by atoms with Crippen LogP contribution >= 0.6 is 0 Å². The molecule has 4 nitrogen and oxygen atoms in total. The first-order valence-corrected chi connectivity index (χ1v) is 7.94. The van der Waals surface area contributed by atoms with E-state index in [1.165, 1.54) is 25.9 Å². The van der Waals surface area contributed by atoms with Crippen LogP contribution in [0.25, 0.3) is 0 Å². The lowest BCUT2D eigenvalue weighted by atomic mass is 10.0. The molecule has 4 heteroatoms. The molecule has 0 saturated carbocycles. The van der Waals surface area contributed by atoms with Crippen LogP contribution in [0.4, 0.5) is 0 Å². The second kappa shape index (κ2) is 7.58. The molecule has 0 bridgehead atoms. The van der Waals surface area contributed by atoms with Crippen molar-refractivity contribution in [2.75, 3.05) is 32.8 Å². The zero-order chi connectivity index (χ0) is 13.7. The fourth-order valence-corrected chi connectivity index (χ4v) is 3.28. The van der Waals surface area contributed by atoms with Gasteiger partial charge in [-0.1, -0.05) is 0 Å². The third kappa shape index (κ3) is 4.71. The maximum absolute atomic E-state index is 9.93. The third-order valence-corrected chi connectivity index (χ3v) is 4.36. The molecule has 2 saturated heterocycles. The quantitative estimate of drug-likeness (QED) is 0.745. The van der Waals surface area contributed by atoms with Crippen molar-refractivity contribution >= 4 is 0 Å². The molecule has 0 spiro atoms. The van der Waals surface area contributed by atoms with Crippen LogP contribution in [0, 0.1) is 0 Å². The lowest BCUT2D eigenvalue weighted by Crippen LogP contribution is -2.46. The lowest BCUT2D eigenvalue weighted by Gasteiger charge is -2.38. The largest absolute Gasteiger partial charge is 0.379 e. The van der Waals surface area contributed by atoms with Gasteiger partial charge in [-0.3, -0.25) is 4.90 Å². The zero-order valence-corrected chi connectivity index (χ0v) is 12.6. The van der Waals surface area contributed by atoms with Crippen LogP contribution in [-0.4, -0.2) is 66.1 Å². The lowest BCUT2D eigenvalue weighted by molar-refractivity contribution is -0.0119. The van der Waals surface area contributed by atoms with Crippen LogP contribution in [0.15, 0.2) is 0 Å². The molecule has 0 aromatic heterocycles. The molecule has 2 aliphatic heterocycles. The Morgan fingerprint density at radius 3 is 2.47 bits per heavy atom. The van der Waals surface area contributed by atoms with Crippen LogP contribution in [0.1, 0.15) is 46.0 Å². The van der Waals surface area contributed by atoms with E-state index in [-0.39, 0.29) is 6.23 Å². The van der Waals surface area contributed by atoms with Crippen LogP contribution in [0.3, 0.4) is 0 Å². The van der Waals surface area contributed by atoms with Gasteiger partial charge >= 0.3 is 0 Å². The fourth-order valence-electron chi connectivity index (χ4n) is 3.28.